The Balaban J connectivity index is 0.00000361. The zero-order chi connectivity index (χ0) is 13.8. The molecule has 0 aromatic carbocycles. The molecule has 1 heterocycles. The topological polar surface area (TPSA) is 21.3 Å². The lowest BCUT2D eigenvalue weighted by Crippen LogP contribution is -2.49. The first kappa shape index (κ1) is 20.2. The second kappa shape index (κ2) is 14.2. The van der Waals surface area contributed by atoms with E-state index in [1.807, 2.05) is 0 Å². The molecule has 122 valence electrons. The van der Waals surface area contributed by atoms with Crippen LogP contribution in [0, 0.1) is 5.92 Å². The lowest BCUT2D eigenvalue weighted by atomic mass is 9.92. The first-order chi connectivity index (χ1) is 9.38. The standard InChI is InChI=1S/C17H35NO.ClH/c1-3-5-6-7-8-9-10-11-12-17(19-13-4-2)16-14-18-15-16;/h16-18H,3-15H2,1-2H3;1H. The van der Waals surface area contributed by atoms with Crippen LogP contribution in [0.1, 0.15) is 78.1 Å². The van der Waals surface area contributed by atoms with Crippen LogP contribution >= 0.6 is 12.4 Å². The summed E-state index contributed by atoms with van der Waals surface area (Å²) in [5.74, 6) is 0.788. The van der Waals surface area contributed by atoms with Crippen molar-refractivity contribution in [3.8, 4) is 0 Å². The third-order valence-corrected chi connectivity index (χ3v) is 4.22. The predicted octanol–water partition coefficient (Wildman–Crippen LogP) is 4.95. The summed E-state index contributed by atoms with van der Waals surface area (Å²) < 4.78 is 6.01. The monoisotopic (exact) mass is 305 g/mol. The van der Waals surface area contributed by atoms with Gasteiger partial charge >= 0.3 is 0 Å². The van der Waals surface area contributed by atoms with Crippen molar-refractivity contribution in [3.63, 3.8) is 0 Å². The minimum atomic E-state index is 0. The van der Waals surface area contributed by atoms with E-state index in [4.69, 9.17) is 4.74 Å². The molecule has 0 aromatic heterocycles. The molecule has 3 heteroatoms. The zero-order valence-electron chi connectivity index (χ0n) is 13.7. The Morgan fingerprint density at radius 3 is 2.00 bits per heavy atom. The smallest absolute Gasteiger partial charge is 0.0627 e. The van der Waals surface area contributed by atoms with Gasteiger partial charge in [0.15, 0.2) is 0 Å². The van der Waals surface area contributed by atoms with Gasteiger partial charge in [-0.15, -0.1) is 12.4 Å². The minimum Gasteiger partial charge on any atom is -0.378 e. The summed E-state index contributed by atoms with van der Waals surface area (Å²) in [6.07, 6.45) is 14.2. The summed E-state index contributed by atoms with van der Waals surface area (Å²) in [6.45, 7) is 7.77. The Kier molecular flexibility index (Phi) is 14.3. The molecule has 1 aliphatic heterocycles. The number of rotatable bonds is 13. The maximum absolute atomic E-state index is 6.01. The summed E-state index contributed by atoms with van der Waals surface area (Å²) in [7, 11) is 0. The van der Waals surface area contributed by atoms with E-state index in [0.717, 1.165) is 18.9 Å². The molecule has 0 aliphatic carbocycles. The van der Waals surface area contributed by atoms with Gasteiger partial charge in [-0.1, -0.05) is 65.2 Å². The molecule has 1 unspecified atom stereocenters. The van der Waals surface area contributed by atoms with Crippen molar-refractivity contribution in [1.82, 2.24) is 5.32 Å². The van der Waals surface area contributed by atoms with Crippen LogP contribution in [-0.4, -0.2) is 25.8 Å². The summed E-state index contributed by atoms with van der Waals surface area (Å²) in [5, 5.41) is 3.37. The predicted molar refractivity (Wildman–Crippen MR) is 90.9 cm³/mol. The number of nitrogens with one attached hydrogen (secondary N) is 1. The van der Waals surface area contributed by atoms with Crippen molar-refractivity contribution in [2.75, 3.05) is 19.7 Å². The second-order valence-corrected chi connectivity index (χ2v) is 6.09. The van der Waals surface area contributed by atoms with Crippen molar-refractivity contribution in [2.45, 2.75) is 84.2 Å². The van der Waals surface area contributed by atoms with Gasteiger partial charge in [0.2, 0.25) is 0 Å². The molecule has 0 spiro atoms. The van der Waals surface area contributed by atoms with Crippen LogP contribution in [0.4, 0.5) is 0 Å². The summed E-state index contributed by atoms with van der Waals surface area (Å²) in [5.41, 5.74) is 0. The fourth-order valence-electron chi connectivity index (χ4n) is 2.78. The SMILES string of the molecule is CCCCCCCCCCC(OCCC)C1CNC1.Cl. The van der Waals surface area contributed by atoms with Crippen LogP contribution in [-0.2, 0) is 4.74 Å². The Bertz CT molecular complexity index is 197. The van der Waals surface area contributed by atoms with Gasteiger partial charge in [-0.3, -0.25) is 0 Å². The van der Waals surface area contributed by atoms with E-state index >= 15 is 0 Å². The van der Waals surface area contributed by atoms with Crippen molar-refractivity contribution in [3.05, 3.63) is 0 Å². The average molecular weight is 306 g/mol. The highest BCUT2D eigenvalue weighted by Gasteiger charge is 2.26. The quantitative estimate of drug-likeness (QED) is 0.486. The first-order valence-corrected chi connectivity index (χ1v) is 8.70. The molecule has 1 aliphatic rings. The Labute approximate surface area is 132 Å². The van der Waals surface area contributed by atoms with Crippen LogP contribution in [0.5, 0.6) is 0 Å². The molecule has 1 rings (SSSR count). The van der Waals surface area contributed by atoms with Crippen molar-refractivity contribution >= 4 is 12.4 Å². The average Bonchev–Trinajstić information content (AvgIpc) is 2.36. The Hall–Kier alpha value is 0.210. The largest absolute Gasteiger partial charge is 0.378 e. The third kappa shape index (κ3) is 9.20. The van der Waals surface area contributed by atoms with Crippen molar-refractivity contribution in [2.24, 2.45) is 5.92 Å². The highest BCUT2D eigenvalue weighted by atomic mass is 35.5. The lowest BCUT2D eigenvalue weighted by molar-refractivity contribution is -0.0107. The van der Waals surface area contributed by atoms with E-state index in [0.29, 0.717) is 6.10 Å². The lowest BCUT2D eigenvalue weighted by Gasteiger charge is -2.34. The Morgan fingerprint density at radius 1 is 0.900 bits per heavy atom. The van der Waals surface area contributed by atoms with Crippen LogP contribution < -0.4 is 5.32 Å². The molecular weight excluding hydrogens is 270 g/mol. The molecular formula is C17H36ClNO. The molecule has 0 radical (unpaired) electrons. The van der Waals surface area contributed by atoms with E-state index in [-0.39, 0.29) is 12.4 Å². The van der Waals surface area contributed by atoms with E-state index in [9.17, 15) is 0 Å². The van der Waals surface area contributed by atoms with Gasteiger partial charge in [0.25, 0.3) is 0 Å². The molecule has 1 N–H and O–H groups in total. The molecule has 20 heavy (non-hydrogen) atoms. The van der Waals surface area contributed by atoms with Crippen LogP contribution in [0.15, 0.2) is 0 Å². The fraction of sp³-hybridized carbons (Fsp3) is 1.00. The highest BCUT2D eigenvalue weighted by Crippen LogP contribution is 2.20. The van der Waals surface area contributed by atoms with Gasteiger partial charge in [0.1, 0.15) is 0 Å². The summed E-state index contributed by atoms with van der Waals surface area (Å²) in [4.78, 5) is 0. The van der Waals surface area contributed by atoms with Crippen LogP contribution in [0.25, 0.3) is 0 Å². The number of hydrogen-bond acceptors (Lipinski definition) is 2. The van der Waals surface area contributed by atoms with Gasteiger partial charge in [-0.05, 0) is 12.8 Å². The number of ether oxygens (including phenoxy) is 1. The fourth-order valence-corrected chi connectivity index (χ4v) is 2.78. The van der Waals surface area contributed by atoms with Gasteiger partial charge in [-0.2, -0.15) is 0 Å². The van der Waals surface area contributed by atoms with E-state index in [1.165, 1.54) is 70.9 Å². The molecule has 2 nitrogen and oxygen atoms in total. The van der Waals surface area contributed by atoms with Gasteiger partial charge < -0.3 is 10.1 Å². The molecule has 0 aromatic rings. The normalized spacial score (nSPS) is 16.5. The summed E-state index contributed by atoms with van der Waals surface area (Å²) >= 11 is 0. The van der Waals surface area contributed by atoms with Crippen LogP contribution in [0.2, 0.25) is 0 Å². The molecule has 1 fully saturated rings. The van der Waals surface area contributed by atoms with Gasteiger partial charge in [-0.25, -0.2) is 0 Å². The van der Waals surface area contributed by atoms with Crippen LogP contribution in [0.3, 0.4) is 0 Å². The third-order valence-electron chi connectivity index (χ3n) is 4.22. The van der Waals surface area contributed by atoms with Crippen molar-refractivity contribution < 1.29 is 4.74 Å². The first-order valence-electron chi connectivity index (χ1n) is 8.70. The van der Waals surface area contributed by atoms with Gasteiger partial charge in [0.05, 0.1) is 6.10 Å². The highest BCUT2D eigenvalue weighted by molar-refractivity contribution is 5.85. The molecule has 1 atom stereocenters. The number of unbranched alkanes of at least 4 members (excludes halogenated alkanes) is 7. The zero-order valence-corrected chi connectivity index (χ0v) is 14.5. The molecule has 1 saturated heterocycles. The number of halogens is 1. The Morgan fingerprint density at radius 2 is 1.50 bits per heavy atom. The minimum absolute atomic E-state index is 0. The second-order valence-electron chi connectivity index (χ2n) is 6.09. The van der Waals surface area contributed by atoms with Crippen molar-refractivity contribution in [1.29, 1.82) is 0 Å². The molecule has 0 saturated carbocycles. The molecule has 0 amide bonds. The number of hydrogen-bond donors (Lipinski definition) is 1. The molecule has 0 bridgehead atoms. The van der Waals surface area contributed by atoms with E-state index in [2.05, 4.69) is 19.2 Å². The maximum Gasteiger partial charge on any atom is 0.0627 e. The van der Waals surface area contributed by atoms with E-state index < -0.39 is 0 Å². The summed E-state index contributed by atoms with van der Waals surface area (Å²) in [6, 6.07) is 0. The van der Waals surface area contributed by atoms with Gasteiger partial charge in [0, 0.05) is 25.6 Å². The maximum atomic E-state index is 6.01. The van der Waals surface area contributed by atoms with E-state index in [1.54, 1.807) is 0 Å².